The maximum atomic E-state index is 6.30. The molecule has 0 fully saturated rings. The van der Waals surface area contributed by atoms with Crippen LogP contribution >= 0.6 is 0 Å². The number of hydrogen-bond donors (Lipinski definition) is 0. The van der Waals surface area contributed by atoms with Crippen LogP contribution < -0.4 is 10.5 Å². The second kappa shape index (κ2) is 6.47. The Balaban J connectivity index is 2.29. The van der Waals surface area contributed by atoms with Crippen LogP contribution in [-0.4, -0.2) is 26.3 Å². The van der Waals surface area contributed by atoms with Crippen molar-refractivity contribution in [3.63, 3.8) is 0 Å². The fraction of sp³-hybridized carbons (Fsp3) is 0.0526. The van der Waals surface area contributed by atoms with Gasteiger partial charge in [0.25, 0.3) is 0 Å². The van der Waals surface area contributed by atoms with Crippen LogP contribution in [0.4, 0.5) is 0 Å². The van der Waals surface area contributed by atoms with Gasteiger partial charge in [-0.25, -0.2) is 0 Å². The standard InChI is InChI=1S/3C6H5.CH3O.Sb/c3*1-2-4-6-5-3-1;1-2;/h3*1-5H;1H3;/q;;;-1;+1. The molecule has 3 rings (SSSR count). The zero-order valence-corrected chi connectivity index (χ0v) is 14.6. The van der Waals surface area contributed by atoms with E-state index in [9.17, 15) is 0 Å². The molecule has 0 amide bonds. The minimum absolute atomic E-state index is 1.33. The molecule has 21 heavy (non-hydrogen) atoms. The molecule has 0 aliphatic heterocycles. The van der Waals surface area contributed by atoms with Gasteiger partial charge in [0.15, 0.2) is 0 Å². The first kappa shape index (κ1) is 14.4. The van der Waals surface area contributed by atoms with Crippen molar-refractivity contribution in [1.82, 2.24) is 0 Å². The van der Waals surface area contributed by atoms with Crippen LogP contribution in [0, 0.1) is 0 Å². The molecule has 3 aromatic rings. The Kier molecular flexibility index (Phi) is 4.43. The zero-order chi connectivity index (χ0) is 14.5. The van der Waals surface area contributed by atoms with E-state index in [1.807, 2.05) is 7.11 Å². The molecule has 0 aliphatic rings. The molecular weight excluding hydrogens is 366 g/mol. The third-order valence-corrected chi connectivity index (χ3v) is 14.0. The van der Waals surface area contributed by atoms with Crippen LogP contribution in [0.25, 0.3) is 0 Å². The molecule has 0 spiro atoms. The summed E-state index contributed by atoms with van der Waals surface area (Å²) in [6.07, 6.45) is 0. The van der Waals surface area contributed by atoms with Gasteiger partial charge in [0.2, 0.25) is 0 Å². The molecule has 0 bridgehead atoms. The zero-order valence-electron chi connectivity index (χ0n) is 12.0. The van der Waals surface area contributed by atoms with Crippen LogP contribution in [-0.2, 0) is 3.02 Å². The average molecular weight is 384 g/mol. The summed E-state index contributed by atoms with van der Waals surface area (Å²) in [4.78, 5) is 0. The Morgan fingerprint density at radius 2 is 0.810 bits per heavy atom. The summed E-state index contributed by atoms with van der Waals surface area (Å²) in [5, 5.41) is 0. The van der Waals surface area contributed by atoms with E-state index in [-0.39, 0.29) is 0 Å². The average Bonchev–Trinajstić information content (AvgIpc) is 2.59. The van der Waals surface area contributed by atoms with E-state index >= 15 is 0 Å². The van der Waals surface area contributed by atoms with Gasteiger partial charge in [0, 0.05) is 0 Å². The molecule has 3 aromatic carbocycles. The summed E-state index contributed by atoms with van der Waals surface area (Å²) in [6.45, 7) is 0. The number of rotatable bonds is 4. The van der Waals surface area contributed by atoms with E-state index in [4.69, 9.17) is 3.02 Å². The molecule has 0 aliphatic carbocycles. The molecule has 0 saturated heterocycles. The second-order valence-corrected chi connectivity index (χ2v) is 13.7. The van der Waals surface area contributed by atoms with Gasteiger partial charge in [-0.1, -0.05) is 0 Å². The normalized spacial score (nSPS) is 11.3. The summed E-state index contributed by atoms with van der Waals surface area (Å²) >= 11 is -3.20. The molecule has 0 N–H and O–H groups in total. The molecule has 0 unspecified atom stereocenters. The maximum absolute atomic E-state index is 6.30. The summed E-state index contributed by atoms with van der Waals surface area (Å²) in [7, 11) is 1.86. The van der Waals surface area contributed by atoms with E-state index < -0.39 is 19.2 Å². The third kappa shape index (κ3) is 2.64. The van der Waals surface area contributed by atoms with Gasteiger partial charge in [0.05, 0.1) is 0 Å². The molecule has 105 valence electrons. The van der Waals surface area contributed by atoms with Crippen molar-refractivity contribution in [3.8, 4) is 0 Å². The Morgan fingerprint density at radius 1 is 0.524 bits per heavy atom. The van der Waals surface area contributed by atoms with Crippen molar-refractivity contribution in [2.45, 2.75) is 0 Å². The minimum atomic E-state index is -3.20. The topological polar surface area (TPSA) is 9.23 Å². The quantitative estimate of drug-likeness (QED) is 0.628. The summed E-state index contributed by atoms with van der Waals surface area (Å²) in [5.41, 5.74) is 0. The summed E-state index contributed by atoms with van der Waals surface area (Å²) in [6, 6.07) is 32.0. The van der Waals surface area contributed by atoms with Gasteiger partial charge in [-0.05, 0) is 0 Å². The number of benzene rings is 3. The molecule has 1 radical (unpaired) electrons. The van der Waals surface area contributed by atoms with Gasteiger partial charge in [0.1, 0.15) is 0 Å². The van der Waals surface area contributed by atoms with Gasteiger partial charge in [-0.15, -0.1) is 0 Å². The summed E-state index contributed by atoms with van der Waals surface area (Å²) in [5.74, 6) is 0. The third-order valence-electron chi connectivity index (χ3n) is 3.63. The first-order chi connectivity index (χ1) is 10.4. The van der Waals surface area contributed by atoms with Gasteiger partial charge in [-0.3, -0.25) is 0 Å². The molecule has 0 aromatic heterocycles. The molecule has 0 heterocycles. The van der Waals surface area contributed by atoms with Gasteiger partial charge < -0.3 is 0 Å². The Bertz CT molecular complexity index is 584. The SMILES string of the molecule is C[O][Sb]([c]1ccccc1)([c]1ccccc1)[c]1ccccc1. The van der Waals surface area contributed by atoms with Gasteiger partial charge in [-0.2, -0.15) is 0 Å². The van der Waals surface area contributed by atoms with E-state index in [1.165, 1.54) is 10.5 Å². The van der Waals surface area contributed by atoms with Crippen LogP contribution in [0.5, 0.6) is 0 Å². The van der Waals surface area contributed by atoms with Crippen molar-refractivity contribution >= 4 is 29.8 Å². The Hall–Kier alpha value is -1.56. The van der Waals surface area contributed by atoms with E-state index in [0.29, 0.717) is 0 Å². The molecule has 0 atom stereocenters. The van der Waals surface area contributed by atoms with Crippen molar-refractivity contribution in [3.05, 3.63) is 91.0 Å². The van der Waals surface area contributed by atoms with Crippen LogP contribution in [0.3, 0.4) is 0 Å². The van der Waals surface area contributed by atoms with Crippen LogP contribution in [0.1, 0.15) is 0 Å². The molecular formula is C19H18OSb. The second-order valence-electron chi connectivity index (χ2n) is 4.80. The van der Waals surface area contributed by atoms with Crippen molar-refractivity contribution < 1.29 is 3.02 Å². The molecule has 1 nitrogen and oxygen atoms in total. The molecule has 0 saturated carbocycles. The van der Waals surface area contributed by atoms with Crippen LogP contribution in [0.2, 0.25) is 0 Å². The van der Waals surface area contributed by atoms with Crippen LogP contribution in [0.15, 0.2) is 91.0 Å². The predicted octanol–water partition coefficient (Wildman–Crippen LogP) is 2.30. The fourth-order valence-corrected chi connectivity index (χ4v) is 12.1. The van der Waals surface area contributed by atoms with E-state index in [2.05, 4.69) is 91.0 Å². The predicted molar refractivity (Wildman–Crippen MR) is 91.0 cm³/mol. The van der Waals surface area contributed by atoms with Crippen molar-refractivity contribution in [1.29, 1.82) is 0 Å². The number of hydrogen-bond acceptors (Lipinski definition) is 1. The molecule has 2 heteroatoms. The van der Waals surface area contributed by atoms with E-state index in [0.717, 1.165) is 0 Å². The Labute approximate surface area is 130 Å². The van der Waals surface area contributed by atoms with E-state index in [1.54, 1.807) is 0 Å². The Morgan fingerprint density at radius 3 is 1.05 bits per heavy atom. The fourth-order valence-electron chi connectivity index (χ4n) is 2.68. The summed E-state index contributed by atoms with van der Waals surface area (Å²) < 4.78 is 10.3. The monoisotopic (exact) mass is 383 g/mol. The van der Waals surface area contributed by atoms with Gasteiger partial charge >= 0.3 is 131 Å². The van der Waals surface area contributed by atoms with Crippen molar-refractivity contribution in [2.75, 3.05) is 7.11 Å². The first-order valence-corrected chi connectivity index (χ1v) is 11.9. The first-order valence-electron chi connectivity index (χ1n) is 6.99. The van der Waals surface area contributed by atoms with Crippen molar-refractivity contribution in [2.24, 2.45) is 0 Å².